The Hall–Kier alpha value is -2.65. The fourth-order valence-electron chi connectivity index (χ4n) is 2.67. The number of rotatable bonds is 7. The predicted octanol–water partition coefficient (Wildman–Crippen LogP) is 0.644. The number of carbonyl (C=O) groups is 5. The number of carboxylic acids is 1. The normalized spacial score (nSPS) is 19.6. The molecular formula is C18H29N3O7. The van der Waals surface area contributed by atoms with Gasteiger partial charge in [0.1, 0.15) is 24.2 Å². The van der Waals surface area contributed by atoms with Crippen LogP contribution in [0.3, 0.4) is 0 Å². The zero-order valence-corrected chi connectivity index (χ0v) is 16.9. The molecule has 1 fully saturated rings. The summed E-state index contributed by atoms with van der Waals surface area (Å²) in [5, 5.41) is 13.9. The number of aliphatic carboxylic acids is 1. The lowest BCUT2D eigenvalue weighted by Gasteiger charge is -2.32. The van der Waals surface area contributed by atoms with Crippen molar-refractivity contribution < 1.29 is 33.8 Å². The molecule has 0 aromatic carbocycles. The van der Waals surface area contributed by atoms with Gasteiger partial charge in [0, 0.05) is 6.42 Å². The van der Waals surface area contributed by atoms with Gasteiger partial charge < -0.3 is 20.5 Å². The summed E-state index contributed by atoms with van der Waals surface area (Å²) in [4.78, 5) is 60.5. The van der Waals surface area contributed by atoms with Crippen molar-refractivity contribution in [1.29, 1.82) is 0 Å². The zero-order valence-electron chi connectivity index (χ0n) is 16.9. The number of ether oxygens (including phenoxy) is 1. The van der Waals surface area contributed by atoms with E-state index in [1.54, 1.807) is 27.7 Å². The Kier molecular flexibility index (Phi) is 7.95. The molecule has 0 radical (unpaired) electrons. The first-order valence-electron chi connectivity index (χ1n) is 9.21. The maximum Gasteiger partial charge on any atom is 0.408 e. The van der Waals surface area contributed by atoms with Crippen molar-refractivity contribution in [3.05, 3.63) is 0 Å². The maximum atomic E-state index is 12.7. The Balaban J connectivity index is 2.86. The van der Waals surface area contributed by atoms with Gasteiger partial charge in [0.05, 0.1) is 0 Å². The van der Waals surface area contributed by atoms with E-state index in [-0.39, 0.29) is 18.8 Å². The third-order valence-electron chi connectivity index (χ3n) is 4.29. The van der Waals surface area contributed by atoms with Gasteiger partial charge in [-0.25, -0.2) is 4.79 Å². The van der Waals surface area contributed by atoms with Crippen molar-refractivity contribution in [3.8, 4) is 0 Å². The fraction of sp³-hybridized carbons (Fsp3) is 0.722. The minimum absolute atomic E-state index is 0.0581. The van der Waals surface area contributed by atoms with Crippen LogP contribution in [-0.4, -0.2) is 64.0 Å². The van der Waals surface area contributed by atoms with Crippen LogP contribution in [0.1, 0.15) is 53.9 Å². The van der Waals surface area contributed by atoms with E-state index in [1.165, 1.54) is 0 Å². The lowest BCUT2D eigenvalue weighted by molar-refractivity contribution is -0.157. The Labute approximate surface area is 164 Å². The Morgan fingerprint density at radius 3 is 2.39 bits per heavy atom. The number of hydrogen-bond donors (Lipinski definition) is 3. The third kappa shape index (κ3) is 6.82. The number of alkyl carbamates (subject to hydrolysis) is 1. The molecule has 1 aliphatic heterocycles. The first-order valence-corrected chi connectivity index (χ1v) is 9.21. The number of likely N-dealkylation sites (tertiary alicyclic amines) is 1. The molecule has 0 aromatic rings. The van der Waals surface area contributed by atoms with E-state index < -0.39 is 54.0 Å². The number of carbonyl (C=O) groups excluding carboxylic acids is 4. The van der Waals surface area contributed by atoms with Gasteiger partial charge in [0.2, 0.25) is 11.8 Å². The third-order valence-corrected chi connectivity index (χ3v) is 4.29. The first-order chi connectivity index (χ1) is 12.9. The SMILES string of the molecule is CC[C@H](C)[C@H](NC(=O)OC(C)(C)C)C(=O)N[C@H]1CCC(=O)N(CC(=O)O)C1=O. The molecule has 0 unspecified atom stereocenters. The van der Waals surface area contributed by atoms with Crippen LogP contribution in [0.15, 0.2) is 0 Å². The zero-order chi connectivity index (χ0) is 21.6. The minimum Gasteiger partial charge on any atom is -0.480 e. The van der Waals surface area contributed by atoms with Crippen molar-refractivity contribution in [1.82, 2.24) is 15.5 Å². The van der Waals surface area contributed by atoms with Crippen molar-refractivity contribution in [2.45, 2.75) is 71.6 Å². The van der Waals surface area contributed by atoms with Crippen molar-refractivity contribution in [2.24, 2.45) is 5.92 Å². The van der Waals surface area contributed by atoms with E-state index >= 15 is 0 Å². The molecule has 10 heteroatoms. The number of carboxylic acid groups (broad SMARTS) is 1. The molecular weight excluding hydrogens is 370 g/mol. The second-order valence-corrected chi connectivity index (χ2v) is 7.82. The molecule has 3 N–H and O–H groups in total. The lowest BCUT2D eigenvalue weighted by atomic mass is 9.97. The van der Waals surface area contributed by atoms with E-state index in [0.717, 1.165) is 0 Å². The molecule has 0 spiro atoms. The van der Waals surface area contributed by atoms with E-state index in [1.807, 2.05) is 6.92 Å². The molecule has 158 valence electrons. The van der Waals surface area contributed by atoms with Crippen LogP contribution in [0.5, 0.6) is 0 Å². The number of hydrogen-bond acceptors (Lipinski definition) is 6. The number of nitrogens with zero attached hydrogens (tertiary/aromatic N) is 1. The predicted molar refractivity (Wildman–Crippen MR) is 98.1 cm³/mol. The standard InChI is InChI=1S/C18H29N3O7/c1-6-10(2)14(20-17(27)28-18(3,4)5)15(25)19-11-7-8-12(22)21(16(11)26)9-13(23)24/h10-11,14H,6-9H2,1-5H3,(H,19,25)(H,20,27)(H,23,24)/t10-,11-,14-/m0/s1. The van der Waals surface area contributed by atoms with Crippen molar-refractivity contribution in [2.75, 3.05) is 6.54 Å². The Morgan fingerprint density at radius 1 is 1.29 bits per heavy atom. The van der Waals surface area contributed by atoms with Gasteiger partial charge in [-0.3, -0.25) is 24.1 Å². The quantitative estimate of drug-likeness (QED) is 0.533. The number of piperidine rings is 1. The van der Waals surface area contributed by atoms with Crippen LogP contribution in [0.2, 0.25) is 0 Å². The summed E-state index contributed by atoms with van der Waals surface area (Å²) in [5.41, 5.74) is -0.738. The molecule has 0 saturated carbocycles. The van der Waals surface area contributed by atoms with Gasteiger partial charge in [0.15, 0.2) is 0 Å². The van der Waals surface area contributed by atoms with Gasteiger partial charge in [-0.15, -0.1) is 0 Å². The van der Waals surface area contributed by atoms with Gasteiger partial charge >= 0.3 is 12.1 Å². The summed E-state index contributed by atoms with van der Waals surface area (Å²) >= 11 is 0. The summed E-state index contributed by atoms with van der Waals surface area (Å²) in [7, 11) is 0. The fourth-order valence-corrected chi connectivity index (χ4v) is 2.67. The van der Waals surface area contributed by atoms with E-state index in [9.17, 15) is 24.0 Å². The van der Waals surface area contributed by atoms with E-state index in [0.29, 0.717) is 11.3 Å². The first kappa shape index (κ1) is 23.4. The van der Waals surface area contributed by atoms with E-state index in [2.05, 4.69) is 10.6 Å². The summed E-state index contributed by atoms with van der Waals surface area (Å²) in [5.74, 6) is -3.53. The minimum atomic E-state index is -1.32. The summed E-state index contributed by atoms with van der Waals surface area (Å²) in [6.07, 6.45) is -0.169. The highest BCUT2D eigenvalue weighted by molar-refractivity contribution is 6.04. The molecule has 4 amide bonds. The smallest absolute Gasteiger partial charge is 0.408 e. The topological polar surface area (TPSA) is 142 Å². The van der Waals surface area contributed by atoms with Crippen LogP contribution in [0.25, 0.3) is 0 Å². The molecule has 3 atom stereocenters. The molecule has 0 aromatic heterocycles. The second kappa shape index (κ2) is 9.52. The lowest BCUT2D eigenvalue weighted by Crippen LogP contribution is -2.59. The Morgan fingerprint density at radius 2 is 1.89 bits per heavy atom. The van der Waals surface area contributed by atoms with E-state index in [4.69, 9.17) is 9.84 Å². The van der Waals surface area contributed by atoms with Gasteiger partial charge in [-0.2, -0.15) is 0 Å². The average Bonchev–Trinajstić information content (AvgIpc) is 2.56. The molecule has 1 heterocycles. The summed E-state index contributed by atoms with van der Waals surface area (Å²) in [6.45, 7) is 7.94. The maximum absolute atomic E-state index is 12.7. The molecule has 1 saturated heterocycles. The Bertz CT molecular complexity index is 642. The summed E-state index contributed by atoms with van der Waals surface area (Å²) < 4.78 is 5.18. The number of amides is 4. The van der Waals surface area contributed by atoms with Crippen molar-refractivity contribution in [3.63, 3.8) is 0 Å². The molecule has 28 heavy (non-hydrogen) atoms. The van der Waals surface area contributed by atoms with Crippen LogP contribution < -0.4 is 10.6 Å². The summed E-state index contributed by atoms with van der Waals surface area (Å²) in [6, 6.07) is -1.98. The van der Waals surface area contributed by atoms with Crippen LogP contribution >= 0.6 is 0 Å². The molecule has 1 aliphatic rings. The van der Waals surface area contributed by atoms with Gasteiger partial charge in [-0.1, -0.05) is 20.3 Å². The highest BCUT2D eigenvalue weighted by Crippen LogP contribution is 2.16. The monoisotopic (exact) mass is 399 g/mol. The highest BCUT2D eigenvalue weighted by atomic mass is 16.6. The average molecular weight is 399 g/mol. The van der Waals surface area contributed by atoms with Crippen LogP contribution in [0.4, 0.5) is 4.79 Å². The van der Waals surface area contributed by atoms with Gasteiger partial charge in [0.25, 0.3) is 5.91 Å². The molecule has 0 aliphatic carbocycles. The van der Waals surface area contributed by atoms with Crippen molar-refractivity contribution >= 4 is 29.8 Å². The molecule has 0 bridgehead atoms. The van der Waals surface area contributed by atoms with Crippen LogP contribution in [-0.2, 0) is 23.9 Å². The number of imide groups is 1. The molecule has 10 nitrogen and oxygen atoms in total. The van der Waals surface area contributed by atoms with Crippen LogP contribution in [0, 0.1) is 5.92 Å². The molecule has 1 rings (SSSR count). The largest absolute Gasteiger partial charge is 0.480 e. The number of nitrogens with one attached hydrogen (secondary N) is 2. The second-order valence-electron chi connectivity index (χ2n) is 7.82. The highest BCUT2D eigenvalue weighted by Gasteiger charge is 2.38. The van der Waals surface area contributed by atoms with Gasteiger partial charge in [-0.05, 0) is 33.1 Å².